The van der Waals surface area contributed by atoms with E-state index in [4.69, 9.17) is 28.9 Å². The molecule has 1 fully saturated rings. The van der Waals surface area contributed by atoms with Crippen molar-refractivity contribution in [3.05, 3.63) is 106 Å². The van der Waals surface area contributed by atoms with E-state index in [1.165, 1.54) is 22.7 Å². The van der Waals surface area contributed by atoms with Crippen LogP contribution >= 0.6 is 22.7 Å². The number of carbonyl (C=O) groups is 3. The zero-order valence-corrected chi connectivity index (χ0v) is 41.0. The maximum absolute atomic E-state index is 12.6. The van der Waals surface area contributed by atoms with E-state index in [0.717, 1.165) is 52.9 Å². The molecule has 2 amide bonds. The highest BCUT2D eigenvalue weighted by atomic mass is 32.1. The molecule has 2 atom stereocenters. The van der Waals surface area contributed by atoms with Crippen molar-refractivity contribution in [3.63, 3.8) is 0 Å². The summed E-state index contributed by atoms with van der Waals surface area (Å²) in [6, 6.07) is 16.2. The number of hydrogen-bond donors (Lipinski definition) is 2. The molecule has 2 N–H and O–H groups in total. The van der Waals surface area contributed by atoms with Gasteiger partial charge in [0.2, 0.25) is 22.1 Å². The first kappa shape index (κ1) is 52.8. The Morgan fingerprint density at radius 3 is 1.36 bits per heavy atom. The Bertz CT molecular complexity index is 2480. The Labute approximate surface area is 409 Å². The molecule has 6 heterocycles. The van der Waals surface area contributed by atoms with E-state index in [0.29, 0.717) is 78.3 Å². The summed E-state index contributed by atoms with van der Waals surface area (Å²) in [5.74, 6) is 2.62. The second-order valence-corrected chi connectivity index (χ2v) is 16.9. The summed E-state index contributed by atoms with van der Waals surface area (Å²) in [6.45, 7) is 12.1. The van der Waals surface area contributed by atoms with Crippen LogP contribution in [0.4, 0.5) is 10.3 Å². The van der Waals surface area contributed by atoms with Crippen LogP contribution in [0, 0.1) is 11.3 Å². The van der Waals surface area contributed by atoms with Crippen LogP contribution < -0.4 is 29.6 Å². The third-order valence-electron chi connectivity index (χ3n) is 9.72. The summed E-state index contributed by atoms with van der Waals surface area (Å²) < 4.78 is 26.3. The average molecular weight is 980 g/mol. The van der Waals surface area contributed by atoms with Gasteiger partial charge in [-0.25, -0.2) is 0 Å². The Balaban J connectivity index is 0.000000267. The van der Waals surface area contributed by atoms with Crippen molar-refractivity contribution >= 4 is 50.7 Å². The lowest BCUT2D eigenvalue weighted by Gasteiger charge is -2.25. The van der Waals surface area contributed by atoms with Gasteiger partial charge in [-0.2, -0.15) is 5.26 Å². The van der Waals surface area contributed by atoms with Crippen LogP contribution in [-0.4, -0.2) is 91.1 Å². The minimum absolute atomic E-state index is 0.118. The van der Waals surface area contributed by atoms with E-state index < -0.39 is 0 Å². The quantitative estimate of drug-likeness (QED) is 0.0690. The molecule has 1 aliphatic rings. The maximum atomic E-state index is 12.6. The number of pyridine rings is 4. The standard InChI is InChI=1S/C28H32N8O4S2.C11H15NO3.C9H10N2O/c1-3-39-21-8-10-29-19(13-21)15-23(37)31-27-35-33-25(41-27)17-6-5-7-18(12-17)26-34-36-28(42-26)32-24(38)16-20-14-22(40-4-2)9-11-30-20;1-3-14-10-5-6-12-9(7-10)8-11(13)15-4-2;1-2-12-9-4-6-11-8(7-9)3-5-10/h8-11,13-14,17-18H,3-7,12,15-16H2,1-2H3,(H,31,35,37)(H,32,36,38);5-7H,3-4,8H2,1-2H3;4,6-7H,2-3H2,1H3/t17-,18-;;/m0../s1. The van der Waals surface area contributed by atoms with Gasteiger partial charge in [0.25, 0.3) is 0 Å². The van der Waals surface area contributed by atoms with Crippen LogP contribution in [0.5, 0.6) is 23.0 Å². The molecule has 0 aromatic carbocycles. The van der Waals surface area contributed by atoms with E-state index in [2.05, 4.69) is 51.0 Å². The number of amides is 2. The van der Waals surface area contributed by atoms with Gasteiger partial charge < -0.3 is 34.3 Å². The molecule has 0 bridgehead atoms. The van der Waals surface area contributed by atoms with Gasteiger partial charge in [0.05, 0.1) is 87.6 Å². The fourth-order valence-corrected chi connectivity index (χ4v) is 8.69. The number of nitrogens with one attached hydrogen (secondary N) is 2. The fraction of sp³-hybridized carbons (Fsp3) is 0.417. The number of hydrogen-bond acceptors (Lipinski definition) is 19. The van der Waals surface area contributed by atoms with Crippen molar-refractivity contribution in [3.8, 4) is 29.1 Å². The van der Waals surface area contributed by atoms with Crippen molar-refractivity contribution in [2.45, 2.75) is 97.8 Å². The van der Waals surface area contributed by atoms with E-state index in [1.807, 2.05) is 33.8 Å². The Kier molecular flexibility index (Phi) is 22.1. The van der Waals surface area contributed by atoms with Gasteiger partial charge in [-0.05, 0) is 78.1 Å². The van der Waals surface area contributed by atoms with E-state index >= 15 is 0 Å². The summed E-state index contributed by atoms with van der Waals surface area (Å²) in [5.41, 5.74) is 2.67. The summed E-state index contributed by atoms with van der Waals surface area (Å²) in [6.07, 6.45) is 11.1. The van der Waals surface area contributed by atoms with Crippen LogP contribution in [-0.2, 0) is 44.8 Å². The molecular weight excluding hydrogens is 923 g/mol. The minimum atomic E-state index is -0.265. The molecular formula is C48H57N11O8S2. The summed E-state index contributed by atoms with van der Waals surface area (Å²) >= 11 is 2.80. The number of carbonyl (C=O) groups excluding carboxylic acids is 3. The molecule has 69 heavy (non-hydrogen) atoms. The normalized spacial score (nSPS) is 13.7. The molecule has 0 saturated heterocycles. The third-order valence-corrected chi connectivity index (χ3v) is 11.7. The molecule has 0 spiro atoms. The van der Waals surface area contributed by atoms with Crippen LogP contribution in [0.1, 0.15) is 105 Å². The summed E-state index contributed by atoms with van der Waals surface area (Å²) in [5, 5.41) is 34.0. The van der Waals surface area contributed by atoms with Crippen molar-refractivity contribution in [1.29, 1.82) is 5.26 Å². The molecule has 0 aliphatic heterocycles. The number of ether oxygens (including phenoxy) is 5. The fourth-order valence-electron chi connectivity index (χ4n) is 6.87. The molecule has 6 aromatic rings. The molecule has 21 heteroatoms. The van der Waals surface area contributed by atoms with Gasteiger partial charge in [0.15, 0.2) is 0 Å². The highest BCUT2D eigenvalue weighted by Crippen LogP contribution is 2.43. The summed E-state index contributed by atoms with van der Waals surface area (Å²) in [7, 11) is 0. The van der Waals surface area contributed by atoms with E-state index in [-0.39, 0.29) is 48.9 Å². The highest BCUT2D eigenvalue weighted by Gasteiger charge is 2.29. The first-order chi connectivity index (χ1) is 33.6. The number of nitrogens with zero attached hydrogens (tertiary/aromatic N) is 9. The van der Waals surface area contributed by atoms with E-state index in [9.17, 15) is 14.4 Å². The SMILES string of the molecule is CCOC(=O)Cc1cc(OCC)ccn1.CCOc1ccnc(CC#N)c1.CCOc1ccnc(CC(=O)Nc2nnc([C@H]3CCC[C@H](c4nnc(NC(=O)Cc5cc(OCC)ccn5)s4)C3)s2)c1. The van der Waals surface area contributed by atoms with Gasteiger partial charge in [-0.15, -0.1) is 20.4 Å². The smallest absolute Gasteiger partial charge is 0.311 e. The number of esters is 1. The predicted octanol–water partition coefficient (Wildman–Crippen LogP) is 7.91. The van der Waals surface area contributed by atoms with Crippen molar-refractivity contribution in [2.24, 2.45) is 0 Å². The first-order valence-corrected chi connectivity index (χ1v) is 24.3. The molecule has 364 valence electrons. The van der Waals surface area contributed by atoms with Gasteiger partial charge in [-0.3, -0.25) is 34.3 Å². The maximum Gasteiger partial charge on any atom is 0.311 e. The van der Waals surface area contributed by atoms with Crippen LogP contribution in [0.2, 0.25) is 0 Å². The Hall–Kier alpha value is -7.18. The molecule has 7 rings (SSSR count). The average Bonchev–Trinajstić information content (AvgIpc) is 4.01. The van der Waals surface area contributed by atoms with Crippen molar-refractivity contribution < 1.29 is 38.1 Å². The summed E-state index contributed by atoms with van der Waals surface area (Å²) in [4.78, 5) is 52.9. The molecule has 19 nitrogen and oxygen atoms in total. The molecule has 6 aromatic heterocycles. The topological polar surface area (TPSA) is 248 Å². The van der Waals surface area contributed by atoms with Crippen molar-refractivity contribution in [1.82, 2.24) is 40.3 Å². The first-order valence-electron chi connectivity index (χ1n) is 22.7. The van der Waals surface area contributed by atoms with Gasteiger partial charge in [-0.1, -0.05) is 29.1 Å². The molecule has 0 unspecified atom stereocenters. The lowest BCUT2D eigenvalue weighted by Crippen LogP contribution is -2.15. The van der Waals surface area contributed by atoms with E-state index in [1.54, 1.807) is 80.2 Å². The van der Waals surface area contributed by atoms with Crippen molar-refractivity contribution in [2.75, 3.05) is 43.7 Å². The van der Waals surface area contributed by atoms with Gasteiger partial charge in [0.1, 0.15) is 33.0 Å². The second kappa shape index (κ2) is 28.9. The van der Waals surface area contributed by atoms with Crippen LogP contribution in [0.3, 0.4) is 0 Å². The van der Waals surface area contributed by atoms with Crippen LogP contribution in [0.15, 0.2) is 73.3 Å². The second-order valence-electron chi connectivity index (χ2n) is 14.9. The Morgan fingerprint density at radius 1 is 0.580 bits per heavy atom. The zero-order valence-electron chi connectivity index (χ0n) is 39.4. The Morgan fingerprint density at radius 2 is 0.971 bits per heavy atom. The number of aromatic nitrogens is 8. The van der Waals surface area contributed by atoms with Gasteiger partial charge in [0, 0.05) is 60.9 Å². The number of nitriles is 1. The van der Waals surface area contributed by atoms with Crippen LogP contribution in [0.25, 0.3) is 0 Å². The van der Waals surface area contributed by atoms with Gasteiger partial charge >= 0.3 is 5.97 Å². The molecule has 1 saturated carbocycles. The lowest BCUT2D eigenvalue weighted by molar-refractivity contribution is -0.142. The number of rotatable bonds is 20. The zero-order chi connectivity index (χ0) is 49.2. The lowest BCUT2D eigenvalue weighted by atomic mass is 9.82. The monoisotopic (exact) mass is 979 g/mol. The highest BCUT2D eigenvalue weighted by molar-refractivity contribution is 7.15. The largest absolute Gasteiger partial charge is 0.494 e. The third kappa shape index (κ3) is 18.4. The minimum Gasteiger partial charge on any atom is -0.494 e. The molecule has 1 aliphatic carbocycles. The molecule has 0 radical (unpaired) electrons. The number of anilines is 2. The predicted molar refractivity (Wildman–Crippen MR) is 260 cm³/mol.